The fraction of sp³-hybridized carbons (Fsp3) is 0.263. The van der Waals surface area contributed by atoms with Gasteiger partial charge in [-0.1, -0.05) is 35.9 Å². The van der Waals surface area contributed by atoms with E-state index >= 15 is 0 Å². The van der Waals surface area contributed by atoms with Crippen molar-refractivity contribution in [3.63, 3.8) is 0 Å². The molecule has 2 amide bonds. The van der Waals surface area contributed by atoms with E-state index in [9.17, 15) is 9.59 Å². The summed E-state index contributed by atoms with van der Waals surface area (Å²) in [5.41, 5.74) is 2.13. The zero-order valence-corrected chi connectivity index (χ0v) is 14.8. The van der Waals surface area contributed by atoms with E-state index in [4.69, 9.17) is 11.6 Å². The lowest BCUT2D eigenvalue weighted by atomic mass is 10.1. The standard InChI is InChI=1S/C19H20ClN3O2/c1-14(24)22-10-12-23(13-11-22)18-9-5-4-8-17(18)21-19(25)15-6-2-3-7-16(15)20/h2-9H,10-13H2,1H3,(H,21,25). The van der Waals surface area contributed by atoms with Gasteiger partial charge in [0.15, 0.2) is 0 Å². The number of carbonyl (C=O) groups excluding carboxylic acids is 2. The Labute approximate surface area is 152 Å². The minimum Gasteiger partial charge on any atom is -0.366 e. The summed E-state index contributed by atoms with van der Waals surface area (Å²) in [7, 11) is 0. The Morgan fingerprint density at radius 2 is 1.60 bits per heavy atom. The fourth-order valence-electron chi connectivity index (χ4n) is 2.95. The highest BCUT2D eigenvalue weighted by atomic mass is 35.5. The van der Waals surface area contributed by atoms with Crippen LogP contribution in [-0.4, -0.2) is 42.9 Å². The van der Waals surface area contributed by atoms with E-state index in [-0.39, 0.29) is 11.8 Å². The first-order valence-electron chi connectivity index (χ1n) is 8.21. The first kappa shape index (κ1) is 17.3. The molecule has 0 bridgehead atoms. The van der Waals surface area contributed by atoms with Crippen LogP contribution in [0.25, 0.3) is 0 Å². The highest BCUT2D eigenvalue weighted by Crippen LogP contribution is 2.28. The summed E-state index contributed by atoms with van der Waals surface area (Å²) in [5, 5.41) is 3.38. The molecule has 0 atom stereocenters. The maximum absolute atomic E-state index is 12.5. The molecule has 6 heteroatoms. The summed E-state index contributed by atoms with van der Waals surface area (Å²) in [5.74, 6) is -0.139. The smallest absolute Gasteiger partial charge is 0.257 e. The number of carbonyl (C=O) groups is 2. The van der Waals surface area contributed by atoms with Crippen LogP contribution in [0, 0.1) is 0 Å². The van der Waals surface area contributed by atoms with Gasteiger partial charge in [0.1, 0.15) is 0 Å². The minimum absolute atomic E-state index is 0.0972. The molecule has 1 N–H and O–H groups in total. The molecule has 0 unspecified atom stereocenters. The summed E-state index contributed by atoms with van der Waals surface area (Å²) < 4.78 is 0. The van der Waals surface area contributed by atoms with Gasteiger partial charge in [-0.25, -0.2) is 0 Å². The first-order chi connectivity index (χ1) is 12.1. The Morgan fingerprint density at radius 3 is 2.28 bits per heavy atom. The Kier molecular flexibility index (Phi) is 5.24. The van der Waals surface area contributed by atoms with Crippen molar-refractivity contribution >= 4 is 34.8 Å². The predicted octanol–water partition coefficient (Wildman–Crippen LogP) is 3.26. The summed E-state index contributed by atoms with van der Waals surface area (Å²) in [6.07, 6.45) is 0. The molecule has 1 heterocycles. The van der Waals surface area contributed by atoms with Crippen LogP contribution in [0.15, 0.2) is 48.5 Å². The normalized spacial score (nSPS) is 14.3. The Hall–Kier alpha value is -2.53. The SMILES string of the molecule is CC(=O)N1CCN(c2ccccc2NC(=O)c2ccccc2Cl)CC1. The third-order valence-corrected chi connectivity index (χ3v) is 4.67. The number of benzene rings is 2. The van der Waals surface area contributed by atoms with E-state index < -0.39 is 0 Å². The third-order valence-electron chi connectivity index (χ3n) is 4.34. The van der Waals surface area contributed by atoms with Crippen molar-refractivity contribution in [3.8, 4) is 0 Å². The van der Waals surface area contributed by atoms with E-state index in [1.54, 1.807) is 31.2 Å². The number of piperazine rings is 1. The number of nitrogens with zero attached hydrogens (tertiary/aromatic N) is 2. The fourth-order valence-corrected chi connectivity index (χ4v) is 3.17. The van der Waals surface area contributed by atoms with Gasteiger partial charge in [0.05, 0.1) is 22.0 Å². The van der Waals surface area contributed by atoms with E-state index in [0.29, 0.717) is 23.7 Å². The quantitative estimate of drug-likeness (QED) is 0.917. The highest BCUT2D eigenvalue weighted by Gasteiger charge is 2.21. The maximum Gasteiger partial charge on any atom is 0.257 e. The average Bonchev–Trinajstić information content (AvgIpc) is 2.62. The first-order valence-corrected chi connectivity index (χ1v) is 8.59. The maximum atomic E-state index is 12.5. The van der Waals surface area contributed by atoms with Crippen LogP contribution in [0.1, 0.15) is 17.3 Å². The Bertz CT molecular complexity index is 786. The van der Waals surface area contributed by atoms with Crippen LogP contribution in [0.5, 0.6) is 0 Å². The zero-order valence-electron chi connectivity index (χ0n) is 14.0. The van der Waals surface area contributed by atoms with Gasteiger partial charge < -0.3 is 15.1 Å². The molecule has 3 rings (SSSR count). The highest BCUT2D eigenvalue weighted by molar-refractivity contribution is 6.34. The van der Waals surface area contributed by atoms with Crippen LogP contribution in [0.3, 0.4) is 0 Å². The summed E-state index contributed by atoms with van der Waals surface area (Å²) >= 11 is 6.11. The number of halogens is 1. The molecule has 2 aromatic rings. The average molecular weight is 358 g/mol. The van der Waals surface area contributed by atoms with E-state index in [0.717, 1.165) is 24.5 Å². The van der Waals surface area contributed by atoms with Gasteiger partial charge in [-0.3, -0.25) is 9.59 Å². The molecule has 0 saturated carbocycles. The van der Waals surface area contributed by atoms with Gasteiger partial charge in [-0.15, -0.1) is 0 Å². The Morgan fingerprint density at radius 1 is 0.960 bits per heavy atom. The second kappa shape index (κ2) is 7.57. The molecule has 5 nitrogen and oxygen atoms in total. The van der Waals surface area contributed by atoms with Crippen LogP contribution >= 0.6 is 11.6 Å². The summed E-state index contributed by atoms with van der Waals surface area (Å²) in [6.45, 7) is 4.43. The monoisotopic (exact) mass is 357 g/mol. The van der Waals surface area contributed by atoms with Gasteiger partial charge >= 0.3 is 0 Å². The van der Waals surface area contributed by atoms with Crippen LogP contribution in [-0.2, 0) is 4.79 Å². The molecule has 1 fully saturated rings. The van der Waals surface area contributed by atoms with E-state index in [1.807, 2.05) is 29.2 Å². The summed E-state index contributed by atoms with van der Waals surface area (Å²) in [6, 6.07) is 14.7. The predicted molar refractivity (Wildman–Crippen MR) is 100 cm³/mol. The lowest BCUT2D eigenvalue weighted by molar-refractivity contribution is -0.129. The number of hydrogen-bond donors (Lipinski definition) is 1. The molecule has 0 radical (unpaired) electrons. The Balaban J connectivity index is 1.77. The molecule has 2 aromatic carbocycles. The molecule has 1 aliphatic rings. The molecule has 0 aliphatic carbocycles. The third kappa shape index (κ3) is 3.94. The number of nitrogens with one attached hydrogen (secondary N) is 1. The lowest BCUT2D eigenvalue weighted by Crippen LogP contribution is -2.48. The molecule has 0 spiro atoms. The summed E-state index contributed by atoms with van der Waals surface area (Å²) in [4.78, 5) is 28.0. The van der Waals surface area contributed by atoms with Crippen LogP contribution in [0.4, 0.5) is 11.4 Å². The second-order valence-electron chi connectivity index (χ2n) is 5.94. The lowest BCUT2D eigenvalue weighted by Gasteiger charge is -2.36. The number of hydrogen-bond acceptors (Lipinski definition) is 3. The number of anilines is 2. The van der Waals surface area contributed by atoms with E-state index in [1.165, 1.54) is 0 Å². The van der Waals surface area contributed by atoms with Gasteiger partial charge in [0.2, 0.25) is 5.91 Å². The van der Waals surface area contributed by atoms with Gasteiger partial charge in [0, 0.05) is 33.1 Å². The van der Waals surface area contributed by atoms with Crippen molar-refractivity contribution in [2.45, 2.75) is 6.92 Å². The minimum atomic E-state index is -0.236. The van der Waals surface area contributed by atoms with Crippen LogP contribution < -0.4 is 10.2 Å². The van der Waals surface area contributed by atoms with Crippen molar-refractivity contribution in [1.29, 1.82) is 0 Å². The van der Waals surface area contributed by atoms with Gasteiger partial charge in [0.25, 0.3) is 5.91 Å². The molecule has 1 saturated heterocycles. The molecular weight excluding hydrogens is 338 g/mol. The van der Waals surface area contributed by atoms with Gasteiger partial charge in [-0.05, 0) is 24.3 Å². The van der Waals surface area contributed by atoms with Crippen molar-refractivity contribution in [2.75, 3.05) is 36.4 Å². The number of para-hydroxylation sites is 2. The molecule has 0 aromatic heterocycles. The molecule has 25 heavy (non-hydrogen) atoms. The number of amides is 2. The van der Waals surface area contributed by atoms with Crippen molar-refractivity contribution in [3.05, 3.63) is 59.1 Å². The van der Waals surface area contributed by atoms with E-state index in [2.05, 4.69) is 10.2 Å². The number of rotatable bonds is 3. The zero-order chi connectivity index (χ0) is 17.8. The second-order valence-corrected chi connectivity index (χ2v) is 6.35. The topological polar surface area (TPSA) is 52.7 Å². The molecule has 130 valence electrons. The van der Waals surface area contributed by atoms with Crippen molar-refractivity contribution in [1.82, 2.24) is 4.90 Å². The van der Waals surface area contributed by atoms with Crippen molar-refractivity contribution < 1.29 is 9.59 Å². The van der Waals surface area contributed by atoms with Gasteiger partial charge in [-0.2, -0.15) is 0 Å². The molecule has 1 aliphatic heterocycles. The molecular formula is C19H20ClN3O2. The largest absolute Gasteiger partial charge is 0.366 e. The van der Waals surface area contributed by atoms with Crippen molar-refractivity contribution in [2.24, 2.45) is 0 Å². The van der Waals surface area contributed by atoms with Crippen LogP contribution in [0.2, 0.25) is 5.02 Å².